The summed E-state index contributed by atoms with van der Waals surface area (Å²) in [4.78, 5) is 4.12. The normalized spacial score (nSPS) is 20.8. The minimum absolute atomic E-state index is 0.401. The maximum atomic E-state index is 9.13. The number of hydrogen-bond donors (Lipinski definition) is 0. The van der Waals surface area contributed by atoms with Gasteiger partial charge in [-0.2, -0.15) is 5.26 Å². The molecule has 0 atom stereocenters. The highest BCUT2D eigenvalue weighted by Crippen LogP contribution is 2.36. The Morgan fingerprint density at radius 1 is 1.22 bits per heavy atom. The summed E-state index contributed by atoms with van der Waals surface area (Å²) in [7, 11) is -0.508. The van der Waals surface area contributed by atoms with Crippen LogP contribution in [0.4, 0.5) is 0 Å². The van der Waals surface area contributed by atoms with Crippen LogP contribution >= 0.6 is 0 Å². The van der Waals surface area contributed by atoms with Gasteiger partial charge < -0.3 is 9.31 Å². The van der Waals surface area contributed by atoms with Crippen LogP contribution in [0.25, 0.3) is 0 Å². The van der Waals surface area contributed by atoms with E-state index < -0.39 is 18.3 Å². The van der Waals surface area contributed by atoms with Crippen molar-refractivity contribution in [1.29, 1.82) is 5.26 Å². The van der Waals surface area contributed by atoms with Crippen molar-refractivity contribution in [2.75, 3.05) is 0 Å². The second-order valence-corrected chi connectivity index (χ2v) is 5.61. The molecule has 1 aliphatic heterocycles. The zero-order valence-electron chi connectivity index (χ0n) is 11.4. The highest BCUT2D eigenvalue weighted by atomic mass is 16.7. The molecular formula is C13H17BN2O2. The average molecular weight is 244 g/mol. The molecule has 1 fully saturated rings. The first-order valence-electron chi connectivity index (χ1n) is 5.99. The first kappa shape index (κ1) is 13.1. The van der Waals surface area contributed by atoms with E-state index in [1.807, 2.05) is 40.7 Å². The SMILES string of the molecule is Cc1cc(B2OC(C)(C)C(C)(C)O2)c(C#N)cn1. The van der Waals surface area contributed by atoms with Gasteiger partial charge in [0.05, 0.1) is 16.8 Å². The first-order chi connectivity index (χ1) is 8.27. The van der Waals surface area contributed by atoms with Gasteiger partial charge in [0.25, 0.3) is 0 Å². The Labute approximate surface area is 108 Å². The summed E-state index contributed by atoms with van der Waals surface area (Å²) in [5.74, 6) is 0. The molecule has 0 saturated carbocycles. The predicted octanol–water partition coefficient (Wildman–Crippen LogP) is 1.56. The fourth-order valence-corrected chi connectivity index (χ4v) is 1.84. The predicted molar refractivity (Wildman–Crippen MR) is 69.4 cm³/mol. The number of rotatable bonds is 1. The van der Waals surface area contributed by atoms with Crippen LogP contribution in [0.1, 0.15) is 39.0 Å². The van der Waals surface area contributed by atoms with Crippen LogP contribution in [-0.2, 0) is 9.31 Å². The number of pyridine rings is 1. The summed E-state index contributed by atoms with van der Waals surface area (Å²) in [6.45, 7) is 9.86. The Bertz CT molecular complexity index is 504. The molecule has 0 radical (unpaired) electrons. The highest BCUT2D eigenvalue weighted by molar-refractivity contribution is 6.62. The summed E-state index contributed by atoms with van der Waals surface area (Å²) < 4.78 is 11.9. The Kier molecular flexibility index (Phi) is 2.96. The third kappa shape index (κ3) is 2.02. The zero-order valence-corrected chi connectivity index (χ0v) is 11.4. The van der Waals surface area contributed by atoms with Crippen molar-refractivity contribution >= 4 is 12.6 Å². The van der Waals surface area contributed by atoms with Gasteiger partial charge in [0.1, 0.15) is 6.07 Å². The topological polar surface area (TPSA) is 55.1 Å². The van der Waals surface area contributed by atoms with Gasteiger partial charge in [0, 0.05) is 17.4 Å². The summed E-state index contributed by atoms with van der Waals surface area (Å²) in [6.07, 6.45) is 1.57. The molecule has 0 bridgehead atoms. The third-order valence-corrected chi connectivity index (χ3v) is 3.70. The van der Waals surface area contributed by atoms with Crippen LogP contribution in [0.3, 0.4) is 0 Å². The van der Waals surface area contributed by atoms with E-state index in [2.05, 4.69) is 11.1 Å². The molecule has 18 heavy (non-hydrogen) atoms. The molecule has 2 rings (SSSR count). The standard InChI is InChI=1S/C13H17BN2O2/c1-9-6-11(10(7-15)8-16-9)14-17-12(2,3)13(4,5)18-14/h6,8H,1-5H3. The molecule has 2 heterocycles. The fraction of sp³-hybridized carbons (Fsp3) is 0.538. The molecule has 4 nitrogen and oxygen atoms in total. The Balaban J connectivity index is 2.41. The van der Waals surface area contributed by atoms with Crippen LogP contribution in [-0.4, -0.2) is 23.3 Å². The maximum absolute atomic E-state index is 9.13. The number of aryl methyl sites for hydroxylation is 1. The second kappa shape index (κ2) is 4.08. The average Bonchev–Trinajstić information content (AvgIpc) is 2.48. The highest BCUT2D eigenvalue weighted by Gasteiger charge is 2.52. The van der Waals surface area contributed by atoms with Crippen molar-refractivity contribution in [3.8, 4) is 6.07 Å². The van der Waals surface area contributed by atoms with E-state index >= 15 is 0 Å². The first-order valence-corrected chi connectivity index (χ1v) is 5.99. The molecule has 0 amide bonds. The van der Waals surface area contributed by atoms with E-state index in [1.165, 1.54) is 0 Å². The second-order valence-electron chi connectivity index (χ2n) is 5.61. The zero-order chi connectivity index (χ0) is 13.6. The summed E-state index contributed by atoms with van der Waals surface area (Å²) in [5.41, 5.74) is 1.30. The molecule has 0 unspecified atom stereocenters. The van der Waals surface area contributed by atoms with Crippen molar-refractivity contribution in [2.24, 2.45) is 0 Å². The van der Waals surface area contributed by atoms with Gasteiger partial charge in [-0.05, 0) is 40.7 Å². The Hall–Kier alpha value is -1.38. The lowest BCUT2D eigenvalue weighted by molar-refractivity contribution is 0.00578. The summed E-state index contributed by atoms with van der Waals surface area (Å²) >= 11 is 0. The minimum Gasteiger partial charge on any atom is -0.399 e. The number of hydrogen-bond acceptors (Lipinski definition) is 4. The molecule has 1 aromatic rings. The third-order valence-electron chi connectivity index (χ3n) is 3.70. The van der Waals surface area contributed by atoms with E-state index in [0.717, 1.165) is 11.2 Å². The van der Waals surface area contributed by atoms with E-state index in [-0.39, 0.29) is 0 Å². The van der Waals surface area contributed by atoms with E-state index in [9.17, 15) is 0 Å². The van der Waals surface area contributed by atoms with Crippen LogP contribution < -0.4 is 5.46 Å². The van der Waals surface area contributed by atoms with E-state index in [1.54, 1.807) is 6.20 Å². The maximum Gasteiger partial charge on any atom is 0.496 e. The van der Waals surface area contributed by atoms with Gasteiger partial charge in [-0.3, -0.25) is 4.98 Å². The van der Waals surface area contributed by atoms with Crippen molar-refractivity contribution in [3.05, 3.63) is 23.5 Å². The molecule has 1 aliphatic rings. The summed E-state index contributed by atoms with van der Waals surface area (Å²) in [5, 5.41) is 9.13. The van der Waals surface area contributed by atoms with Gasteiger partial charge in [-0.1, -0.05) is 0 Å². The fourth-order valence-electron chi connectivity index (χ4n) is 1.84. The lowest BCUT2D eigenvalue weighted by Crippen LogP contribution is -2.41. The molecule has 0 spiro atoms. The Morgan fingerprint density at radius 3 is 2.28 bits per heavy atom. The molecule has 94 valence electrons. The molecule has 1 saturated heterocycles. The van der Waals surface area contributed by atoms with Crippen LogP contribution in [0.15, 0.2) is 12.3 Å². The van der Waals surface area contributed by atoms with Crippen molar-refractivity contribution < 1.29 is 9.31 Å². The van der Waals surface area contributed by atoms with Crippen molar-refractivity contribution in [3.63, 3.8) is 0 Å². The molecule has 0 N–H and O–H groups in total. The van der Waals surface area contributed by atoms with Gasteiger partial charge in [0.15, 0.2) is 0 Å². The lowest BCUT2D eigenvalue weighted by atomic mass is 9.76. The van der Waals surface area contributed by atoms with Crippen LogP contribution in [0.5, 0.6) is 0 Å². The van der Waals surface area contributed by atoms with Gasteiger partial charge in [0.2, 0.25) is 0 Å². The number of nitriles is 1. The van der Waals surface area contributed by atoms with E-state index in [0.29, 0.717) is 5.56 Å². The van der Waals surface area contributed by atoms with Crippen molar-refractivity contribution in [2.45, 2.75) is 45.8 Å². The summed E-state index contributed by atoms with van der Waals surface area (Å²) in [6, 6.07) is 3.98. The van der Waals surface area contributed by atoms with Gasteiger partial charge in [-0.25, -0.2) is 0 Å². The van der Waals surface area contributed by atoms with Gasteiger partial charge in [-0.15, -0.1) is 0 Å². The molecule has 0 aromatic carbocycles. The van der Waals surface area contributed by atoms with Gasteiger partial charge >= 0.3 is 7.12 Å². The Morgan fingerprint density at radius 2 is 1.78 bits per heavy atom. The van der Waals surface area contributed by atoms with Crippen LogP contribution in [0.2, 0.25) is 0 Å². The van der Waals surface area contributed by atoms with E-state index in [4.69, 9.17) is 14.6 Å². The molecule has 0 aliphatic carbocycles. The minimum atomic E-state index is -0.508. The van der Waals surface area contributed by atoms with Crippen LogP contribution in [0, 0.1) is 18.3 Å². The number of aromatic nitrogens is 1. The molecular weight excluding hydrogens is 227 g/mol. The quantitative estimate of drug-likeness (QED) is 0.703. The van der Waals surface area contributed by atoms with Crippen molar-refractivity contribution in [1.82, 2.24) is 4.98 Å². The number of nitrogens with zero attached hydrogens (tertiary/aromatic N) is 2. The molecule has 5 heteroatoms. The smallest absolute Gasteiger partial charge is 0.399 e. The largest absolute Gasteiger partial charge is 0.496 e. The lowest BCUT2D eigenvalue weighted by Gasteiger charge is -2.32. The molecule has 1 aromatic heterocycles. The monoisotopic (exact) mass is 244 g/mol.